The summed E-state index contributed by atoms with van der Waals surface area (Å²) in [6, 6.07) is 4.05. The predicted octanol–water partition coefficient (Wildman–Crippen LogP) is 1.78. The highest BCUT2D eigenvalue weighted by Gasteiger charge is 2.45. The first kappa shape index (κ1) is 16.9. The number of carbonyl (C=O) groups excluding carboxylic acids is 1. The number of nitrogens with zero attached hydrogens (tertiary/aromatic N) is 2. The third-order valence-corrected chi connectivity index (χ3v) is 5.60. The second-order valence-electron chi connectivity index (χ2n) is 7.10. The summed E-state index contributed by atoms with van der Waals surface area (Å²) in [5.74, 6) is 0.351. The fraction of sp³-hybridized carbons (Fsp3) is 0.684. The van der Waals surface area contributed by atoms with Crippen LogP contribution in [0.5, 0.6) is 0 Å². The molecule has 6 heteroatoms. The van der Waals surface area contributed by atoms with Crippen molar-refractivity contribution in [3.63, 3.8) is 0 Å². The predicted molar refractivity (Wildman–Crippen MR) is 90.8 cm³/mol. The molecule has 2 aliphatic heterocycles. The number of rotatable bonds is 4. The molecule has 0 spiro atoms. The quantitative estimate of drug-likeness (QED) is 0.832. The zero-order valence-corrected chi connectivity index (χ0v) is 14.5. The summed E-state index contributed by atoms with van der Waals surface area (Å²) in [5.41, 5.74) is 1.10. The molecule has 3 atom stereocenters. The maximum atomic E-state index is 13.1. The molecule has 1 aromatic rings. The average molecular weight is 346 g/mol. The maximum absolute atomic E-state index is 13.1. The molecule has 3 aliphatic rings. The van der Waals surface area contributed by atoms with Crippen molar-refractivity contribution < 1.29 is 19.0 Å². The van der Waals surface area contributed by atoms with Crippen molar-refractivity contribution in [2.75, 3.05) is 26.4 Å². The van der Waals surface area contributed by atoms with E-state index in [-0.39, 0.29) is 30.1 Å². The molecule has 136 valence electrons. The lowest BCUT2D eigenvalue weighted by atomic mass is 9.97. The van der Waals surface area contributed by atoms with E-state index >= 15 is 0 Å². The van der Waals surface area contributed by atoms with E-state index in [1.807, 2.05) is 17.0 Å². The lowest BCUT2D eigenvalue weighted by Crippen LogP contribution is -2.49. The van der Waals surface area contributed by atoms with Crippen LogP contribution in [0, 0.1) is 5.92 Å². The largest absolute Gasteiger partial charge is 0.381 e. The number of ether oxygens (including phenoxy) is 3. The Morgan fingerprint density at radius 1 is 1.16 bits per heavy atom. The van der Waals surface area contributed by atoms with Crippen LogP contribution in [0.4, 0.5) is 0 Å². The van der Waals surface area contributed by atoms with Crippen LogP contribution in [0.25, 0.3) is 0 Å². The number of pyridine rings is 1. The number of fused-ring (bicyclic) bond motifs is 2. The van der Waals surface area contributed by atoms with E-state index in [0.29, 0.717) is 33.0 Å². The summed E-state index contributed by atoms with van der Waals surface area (Å²) < 4.78 is 17.6. The summed E-state index contributed by atoms with van der Waals surface area (Å²) >= 11 is 0. The third-order valence-electron chi connectivity index (χ3n) is 5.60. The van der Waals surface area contributed by atoms with Crippen LogP contribution in [0.1, 0.15) is 31.2 Å². The minimum Gasteiger partial charge on any atom is -0.381 e. The number of carbonyl (C=O) groups is 1. The average Bonchev–Trinajstić information content (AvgIpc) is 2.96. The van der Waals surface area contributed by atoms with Gasteiger partial charge in [0.1, 0.15) is 6.10 Å². The van der Waals surface area contributed by atoms with Crippen molar-refractivity contribution in [1.29, 1.82) is 0 Å². The zero-order chi connectivity index (χ0) is 17.1. The fourth-order valence-electron chi connectivity index (χ4n) is 4.23. The summed E-state index contributed by atoms with van der Waals surface area (Å²) in [4.78, 5) is 19.1. The van der Waals surface area contributed by atoms with Gasteiger partial charge in [0.2, 0.25) is 5.91 Å². The summed E-state index contributed by atoms with van der Waals surface area (Å²) in [7, 11) is 0. The van der Waals surface area contributed by atoms with Crippen LogP contribution in [0.15, 0.2) is 24.5 Å². The maximum Gasteiger partial charge on any atom is 0.226 e. The highest BCUT2D eigenvalue weighted by molar-refractivity contribution is 5.79. The van der Waals surface area contributed by atoms with Crippen molar-refractivity contribution in [2.45, 2.75) is 50.5 Å². The van der Waals surface area contributed by atoms with E-state index in [9.17, 15) is 4.79 Å². The van der Waals surface area contributed by atoms with Gasteiger partial charge in [-0.1, -0.05) is 0 Å². The van der Waals surface area contributed by atoms with Gasteiger partial charge in [0.05, 0.1) is 25.4 Å². The molecule has 1 aromatic heterocycles. The van der Waals surface area contributed by atoms with Gasteiger partial charge in [-0.25, -0.2) is 0 Å². The van der Waals surface area contributed by atoms with E-state index in [4.69, 9.17) is 14.2 Å². The Bertz CT molecular complexity index is 576. The molecule has 25 heavy (non-hydrogen) atoms. The van der Waals surface area contributed by atoms with E-state index < -0.39 is 0 Å². The molecule has 1 aliphatic carbocycles. The molecule has 2 bridgehead atoms. The summed E-state index contributed by atoms with van der Waals surface area (Å²) in [6.45, 7) is 3.19. The van der Waals surface area contributed by atoms with E-state index in [1.54, 1.807) is 12.4 Å². The Labute approximate surface area is 148 Å². The molecule has 0 aromatic carbocycles. The Balaban J connectivity index is 1.45. The van der Waals surface area contributed by atoms with Crippen LogP contribution in [0.3, 0.4) is 0 Å². The van der Waals surface area contributed by atoms with Crippen molar-refractivity contribution >= 4 is 5.91 Å². The lowest BCUT2D eigenvalue weighted by molar-refractivity contribution is -0.143. The van der Waals surface area contributed by atoms with Crippen molar-refractivity contribution in [3.8, 4) is 0 Å². The van der Waals surface area contributed by atoms with Crippen molar-refractivity contribution in [1.82, 2.24) is 9.88 Å². The normalized spacial score (nSPS) is 30.2. The number of hydrogen-bond donors (Lipinski definition) is 0. The number of amides is 1. The number of hydrogen-bond acceptors (Lipinski definition) is 5. The highest BCUT2D eigenvalue weighted by atomic mass is 16.5. The van der Waals surface area contributed by atoms with Crippen LogP contribution >= 0.6 is 0 Å². The van der Waals surface area contributed by atoms with Gasteiger partial charge >= 0.3 is 0 Å². The molecule has 1 amide bonds. The van der Waals surface area contributed by atoms with Gasteiger partial charge in [-0.3, -0.25) is 9.78 Å². The van der Waals surface area contributed by atoms with Crippen molar-refractivity contribution in [3.05, 3.63) is 30.1 Å². The summed E-state index contributed by atoms with van der Waals surface area (Å²) in [5, 5.41) is 0. The minimum absolute atomic E-state index is 0.0422. The molecule has 2 saturated heterocycles. The highest BCUT2D eigenvalue weighted by Crippen LogP contribution is 2.34. The van der Waals surface area contributed by atoms with Gasteiger partial charge in [-0.05, 0) is 43.4 Å². The first-order valence-corrected chi connectivity index (χ1v) is 9.33. The lowest BCUT2D eigenvalue weighted by Gasteiger charge is -2.35. The Morgan fingerprint density at radius 2 is 1.96 bits per heavy atom. The third kappa shape index (κ3) is 3.71. The van der Waals surface area contributed by atoms with Gasteiger partial charge in [0.15, 0.2) is 0 Å². The van der Waals surface area contributed by atoms with Crippen LogP contribution < -0.4 is 0 Å². The second-order valence-corrected chi connectivity index (χ2v) is 7.10. The Kier molecular flexibility index (Phi) is 5.29. The zero-order valence-electron chi connectivity index (χ0n) is 14.5. The van der Waals surface area contributed by atoms with Gasteiger partial charge in [0.25, 0.3) is 0 Å². The molecule has 3 fully saturated rings. The molecule has 4 rings (SSSR count). The molecule has 1 saturated carbocycles. The smallest absolute Gasteiger partial charge is 0.226 e. The first-order chi connectivity index (χ1) is 12.3. The van der Waals surface area contributed by atoms with Crippen molar-refractivity contribution in [2.24, 2.45) is 5.92 Å². The van der Waals surface area contributed by atoms with Gasteiger partial charge in [-0.2, -0.15) is 0 Å². The molecule has 3 heterocycles. The topological polar surface area (TPSA) is 60.9 Å². The Morgan fingerprint density at radius 3 is 2.76 bits per heavy atom. The molecule has 0 N–H and O–H groups in total. The van der Waals surface area contributed by atoms with E-state index in [1.165, 1.54) is 0 Å². The van der Waals surface area contributed by atoms with Crippen LogP contribution in [0.2, 0.25) is 0 Å². The minimum atomic E-state index is -0.0422. The monoisotopic (exact) mass is 346 g/mol. The van der Waals surface area contributed by atoms with Crippen LogP contribution in [-0.4, -0.2) is 60.4 Å². The van der Waals surface area contributed by atoms with E-state index in [2.05, 4.69) is 4.98 Å². The molecule has 6 nitrogen and oxygen atoms in total. The van der Waals surface area contributed by atoms with Gasteiger partial charge in [0, 0.05) is 38.1 Å². The summed E-state index contributed by atoms with van der Waals surface area (Å²) in [6.07, 6.45) is 7.18. The van der Waals surface area contributed by atoms with Gasteiger partial charge in [-0.15, -0.1) is 0 Å². The fourth-order valence-corrected chi connectivity index (χ4v) is 4.23. The standard InChI is InChI=1S/C19H26N2O4/c22-19(15-5-10-23-11-6-15)21-9-12-24-17-2-1-16(21)18(17)25-13-14-3-7-20-8-4-14/h3-4,7-8,15-18H,1-2,5-6,9-13H2/t16-,17-,18+/m0/s1. The first-order valence-electron chi connectivity index (χ1n) is 9.33. The molecule has 0 unspecified atom stereocenters. The molecular weight excluding hydrogens is 320 g/mol. The second kappa shape index (κ2) is 7.81. The Hall–Kier alpha value is -1.50. The SMILES string of the molecule is O=C(C1CCOCC1)N1CCO[C@H]2CC[C@H]1[C@H]2OCc1ccncc1. The van der Waals surface area contributed by atoms with Gasteiger partial charge < -0.3 is 19.1 Å². The molecular formula is C19H26N2O4. The molecule has 0 radical (unpaired) electrons. The number of aromatic nitrogens is 1. The van der Waals surface area contributed by atoms with E-state index in [0.717, 1.165) is 31.2 Å². The van der Waals surface area contributed by atoms with Crippen LogP contribution in [-0.2, 0) is 25.6 Å².